The minimum Gasteiger partial charge on any atom is -0.392 e. The van der Waals surface area contributed by atoms with Gasteiger partial charge >= 0.3 is 0 Å². The molecule has 1 aromatic carbocycles. The Labute approximate surface area is 95.0 Å². The van der Waals surface area contributed by atoms with Gasteiger partial charge in [-0.1, -0.05) is 24.3 Å². The highest BCUT2D eigenvalue weighted by atomic mass is 16.3. The topological polar surface area (TPSA) is 40.5 Å². The SMILES string of the molecule is C=CC1CC(=O)N(c2ccccc2CO)C1. The molecule has 16 heavy (non-hydrogen) atoms. The van der Waals surface area contributed by atoms with E-state index in [1.807, 2.05) is 30.3 Å². The lowest BCUT2D eigenvalue weighted by molar-refractivity contribution is -0.117. The molecular formula is C13H15NO2. The van der Waals surface area contributed by atoms with Crippen molar-refractivity contribution < 1.29 is 9.90 Å². The minimum absolute atomic E-state index is 0.0429. The predicted molar refractivity (Wildman–Crippen MR) is 63.0 cm³/mol. The Kier molecular flexibility index (Phi) is 3.06. The molecule has 0 spiro atoms. The number of aliphatic hydroxyl groups is 1. The third-order valence-corrected chi connectivity index (χ3v) is 2.94. The van der Waals surface area contributed by atoms with Gasteiger partial charge in [-0.05, 0) is 6.07 Å². The Morgan fingerprint density at radius 3 is 2.88 bits per heavy atom. The summed E-state index contributed by atoms with van der Waals surface area (Å²) in [7, 11) is 0. The maximum atomic E-state index is 11.8. The van der Waals surface area contributed by atoms with Crippen LogP contribution in [0, 0.1) is 5.92 Å². The molecule has 1 aliphatic rings. The molecule has 1 N–H and O–H groups in total. The van der Waals surface area contributed by atoms with Crippen LogP contribution < -0.4 is 4.90 Å². The lowest BCUT2D eigenvalue weighted by Gasteiger charge is -2.19. The number of carbonyl (C=O) groups excluding carboxylic acids is 1. The zero-order valence-electron chi connectivity index (χ0n) is 9.10. The van der Waals surface area contributed by atoms with Crippen LogP contribution in [-0.4, -0.2) is 17.6 Å². The largest absolute Gasteiger partial charge is 0.392 e. The normalized spacial score (nSPS) is 20.2. The summed E-state index contributed by atoms with van der Waals surface area (Å²) in [6.45, 7) is 4.34. The Hall–Kier alpha value is -1.61. The number of hydrogen-bond donors (Lipinski definition) is 1. The van der Waals surface area contributed by atoms with Crippen molar-refractivity contribution in [2.24, 2.45) is 5.92 Å². The second-order valence-electron chi connectivity index (χ2n) is 3.99. The molecule has 3 nitrogen and oxygen atoms in total. The number of aliphatic hydroxyl groups excluding tert-OH is 1. The summed E-state index contributed by atoms with van der Waals surface area (Å²) >= 11 is 0. The van der Waals surface area contributed by atoms with Gasteiger partial charge in [-0.15, -0.1) is 6.58 Å². The Bertz CT molecular complexity index is 414. The van der Waals surface area contributed by atoms with Gasteiger partial charge in [0, 0.05) is 30.1 Å². The van der Waals surface area contributed by atoms with Crippen molar-refractivity contribution in [3.8, 4) is 0 Å². The summed E-state index contributed by atoms with van der Waals surface area (Å²) in [5, 5.41) is 9.23. The third-order valence-electron chi connectivity index (χ3n) is 2.94. The van der Waals surface area contributed by atoms with Crippen LogP contribution in [0.4, 0.5) is 5.69 Å². The van der Waals surface area contributed by atoms with Crippen LogP contribution in [-0.2, 0) is 11.4 Å². The van der Waals surface area contributed by atoms with Gasteiger partial charge in [0.25, 0.3) is 0 Å². The number of nitrogens with zero attached hydrogens (tertiary/aromatic N) is 1. The number of hydrogen-bond acceptors (Lipinski definition) is 2. The van der Waals surface area contributed by atoms with Gasteiger partial charge < -0.3 is 10.0 Å². The Balaban J connectivity index is 2.30. The molecule has 1 amide bonds. The zero-order chi connectivity index (χ0) is 11.5. The molecule has 1 fully saturated rings. The standard InChI is InChI=1S/C13H15NO2/c1-2-10-7-13(16)14(8-10)12-6-4-3-5-11(12)9-15/h2-6,10,15H,1,7-9H2. The van der Waals surface area contributed by atoms with E-state index in [2.05, 4.69) is 6.58 Å². The fourth-order valence-corrected chi connectivity index (χ4v) is 2.03. The molecule has 1 atom stereocenters. The predicted octanol–water partition coefficient (Wildman–Crippen LogP) is 1.72. The maximum absolute atomic E-state index is 11.8. The van der Waals surface area contributed by atoms with Gasteiger partial charge in [-0.3, -0.25) is 4.79 Å². The summed E-state index contributed by atoms with van der Waals surface area (Å²) in [5.74, 6) is 0.324. The molecule has 0 saturated carbocycles. The quantitative estimate of drug-likeness (QED) is 0.783. The van der Waals surface area contributed by atoms with Crippen LogP contribution in [0.3, 0.4) is 0 Å². The Morgan fingerprint density at radius 1 is 1.50 bits per heavy atom. The highest BCUT2D eigenvalue weighted by Crippen LogP contribution is 2.28. The fraction of sp³-hybridized carbons (Fsp3) is 0.308. The lowest BCUT2D eigenvalue weighted by Crippen LogP contribution is -2.25. The zero-order valence-corrected chi connectivity index (χ0v) is 9.10. The van der Waals surface area contributed by atoms with E-state index in [0.717, 1.165) is 11.3 Å². The van der Waals surface area contributed by atoms with Crippen LogP contribution in [0.1, 0.15) is 12.0 Å². The average molecular weight is 217 g/mol. The van der Waals surface area contributed by atoms with Crippen molar-refractivity contribution in [3.63, 3.8) is 0 Å². The molecular weight excluding hydrogens is 202 g/mol. The highest BCUT2D eigenvalue weighted by molar-refractivity contribution is 5.96. The molecule has 0 aliphatic carbocycles. The first-order chi connectivity index (χ1) is 7.76. The molecule has 1 unspecified atom stereocenters. The van der Waals surface area contributed by atoms with Crippen LogP contribution in [0.15, 0.2) is 36.9 Å². The molecule has 1 heterocycles. The molecule has 1 aliphatic heterocycles. The molecule has 84 valence electrons. The first kappa shape index (κ1) is 10.9. The van der Waals surface area contributed by atoms with Crippen LogP contribution in [0.2, 0.25) is 0 Å². The number of para-hydroxylation sites is 1. The molecule has 1 aromatic rings. The summed E-state index contributed by atoms with van der Waals surface area (Å²) in [6.07, 6.45) is 2.34. The van der Waals surface area contributed by atoms with E-state index in [9.17, 15) is 9.90 Å². The van der Waals surface area contributed by atoms with E-state index in [1.54, 1.807) is 4.90 Å². The van der Waals surface area contributed by atoms with Crippen molar-refractivity contribution in [2.45, 2.75) is 13.0 Å². The van der Waals surface area contributed by atoms with Gasteiger partial charge in [-0.2, -0.15) is 0 Å². The molecule has 2 rings (SSSR count). The lowest BCUT2D eigenvalue weighted by atomic mass is 10.1. The summed E-state index contributed by atoms with van der Waals surface area (Å²) in [4.78, 5) is 13.5. The third kappa shape index (κ3) is 1.86. The van der Waals surface area contributed by atoms with E-state index in [4.69, 9.17) is 0 Å². The van der Waals surface area contributed by atoms with Crippen LogP contribution >= 0.6 is 0 Å². The van der Waals surface area contributed by atoms with Crippen molar-refractivity contribution in [1.82, 2.24) is 0 Å². The van der Waals surface area contributed by atoms with Crippen molar-refractivity contribution >= 4 is 11.6 Å². The minimum atomic E-state index is -0.0429. The fourth-order valence-electron chi connectivity index (χ4n) is 2.03. The molecule has 0 aromatic heterocycles. The maximum Gasteiger partial charge on any atom is 0.227 e. The highest BCUT2D eigenvalue weighted by Gasteiger charge is 2.29. The second kappa shape index (κ2) is 4.49. The number of carbonyl (C=O) groups is 1. The van der Waals surface area contributed by atoms with E-state index in [-0.39, 0.29) is 18.4 Å². The smallest absolute Gasteiger partial charge is 0.227 e. The van der Waals surface area contributed by atoms with E-state index < -0.39 is 0 Å². The van der Waals surface area contributed by atoms with E-state index in [1.165, 1.54) is 0 Å². The number of benzene rings is 1. The first-order valence-corrected chi connectivity index (χ1v) is 5.38. The van der Waals surface area contributed by atoms with Crippen LogP contribution in [0.25, 0.3) is 0 Å². The molecule has 0 radical (unpaired) electrons. The van der Waals surface area contributed by atoms with Crippen LogP contribution in [0.5, 0.6) is 0 Å². The molecule has 1 saturated heterocycles. The van der Waals surface area contributed by atoms with Crippen molar-refractivity contribution in [1.29, 1.82) is 0 Å². The van der Waals surface area contributed by atoms with Gasteiger partial charge in [-0.25, -0.2) is 0 Å². The average Bonchev–Trinajstić information content (AvgIpc) is 2.70. The van der Waals surface area contributed by atoms with Gasteiger partial charge in [0.05, 0.1) is 6.61 Å². The van der Waals surface area contributed by atoms with Gasteiger partial charge in [0.2, 0.25) is 5.91 Å². The summed E-state index contributed by atoms with van der Waals surface area (Å²) < 4.78 is 0. The monoisotopic (exact) mass is 217 g/mol. The van der Waals surface area contributed by atoms with Crippen molar-refractivity contribution in [2.75, 3.05) is 11.4 Å². The van der Waals surface area contributed by atoms with Gasteiger partial charge in [0.15, 0.2) is 0 Å². The molecule has 3 heteroatoms. The number of anilines is 1. The molecule has 0 bridgehead atoms. The summed E-state index contributed by atoms with van der Waals surface area (Å²) in [6, 6.07) is 7.45. The number of rotatable bonds is 3. The van der Waals surface area contributed by atoms with Crippen molar-refractivity contribution in [3.05, 3.63) is 42.5 Å². The van der Waals surface area contributed by atoms with Gasteiger partial charge in [0.1, 0.15) is 0 Å². The van der Waals surface area contributed by atoms with E-state index in [0.29, 0.717) is 13.0 Å². The first-order valence-electron chi connectivity index (χ1n) is 5.38. The van der Waals surface area contributed by atoms with E-state index >= 15 is 0 Å². The second-order valence-corrected chi connectivity index (χ2v) is 3.99. The Morgan fingerprint density at radius 2 is 2.25 bits per heavy atom. The number of amides is 1. The summed E-state index contributed by atoms with van der Waals surface area (Å²) in [5.41, 5.74) is 1.61.